The summed E-state index contributed by atoms with van der Waals surface area (Å²) in [5, 5.41) is 3.76. The summed E-state index contributed by atoms with van der Waals surface area (Å²) in [6, 6.07) is 3.69. The lowest BCUT2D eigenvalue weighted by Gasteiger charge is -2.40. The minimum absolute atomic E-state index is 0.666. The summed E-state index contributed by atoms with van der Waals surface area (Å²) in [5.41, 5.74) is 1.43. The second kappa shape index (κ2) is 5.72. The first-order valence-corrected chi connectivity index (χ1v) is 7.78. The van der Waals surface area contributed by atoms with Crippen molar-refractivity contribution in [2.75, 3.05) is 13.6 Å². The van der Waals surface area contributed by atoms with Crippen molar-refractivity contribution >= 4 is 11.3 Å². The molecule has 0 spiro atoms. The fraction of sp³-hybridized carbons (Fsp3) is 0.733. The van der Waals surface area contributed by atoms with Crippen molar-refractivity contribution in [2.24, 2.45) is 5.92 Å². The summed E-state index contributed by atoms with van der Waals surface area (Å²) in [4.78, 5) is 5.41. The highest BCUT2D eigenvalue weighted by Crippen LogP contribution is 2.23. The van der Waals surface area contributed by atoms with Crippen LogP contribution in [0.15, 0.2) is 6.07 Å². The van der Waals surface area contributed by atoms with Crippen LogP contribution < -0.4 is 5.32 Å². The lowest BCUT2D eigenvalue weighted by molar-refractivity contribution is 0.121. The van der Waals surface area contributed by atoms with E-state index in [4.69, 9.17) is 0 Å². The van der Waals surface area contributed by atoms with Crippen LogP contribution in [0, 0.1) is 19.8 Å². The molecule has 1 aromatic heterocycles. The lowest BCUT2D eigenvalue weighted by atomic mass is 9.90. The molecule has 0 aromatic carbocycles. The maximum atomic E-state index is 3.76. The zero-order valence-electron chi connectivity index (χ0n) is 12.3. The van der Waals surface area contributed by atoms with E-state index in [1.165, 1.54) is 28.3 Å². The summed E-state index contributed by atoms with van der Waals surface area (Å²) < 4.78 is 0. The van der Waals surface area contributed by atoms with Gasteiger partial charge in [-0.05, 0) is 51.8 Å². The van der Waals surface area contributed by atoms with Crippen LogP contribution in [-0.2, 0) is 6.54 Å². The summed E-state index contributed by atoms with van der Waals surface area (Å²) in [6.45, 7) is 11.4. The van der Waals surface area contributed by atoms with E-state index < -0.39 is 0 Å². The van der Waals surface area contributed by atoms with E-state index in [0.29, 0.717) is 12.1 Å². The number of hydrogen-bond acceptors (Lipinski definition) is 3. The van der Waals surface area contributed by atoms with Gasteiger partial charge in [-0.2, -0.15) is 0 Å². The molecule has 2 nitrogen and oxygen atoms in total. The van der Waals surface area contributed by atoms with Crippen molar-refractivity contribution in [2.45, 2.75) is 52.7 Å². The van der Waals surface area contributed by atoms with Gasteiger partial charge in [-0.25, -0.2) is 0 Å². The fourth-order valence-electron chi connectivity index (χ4n) is 2.79. The summed E-state index contributed by atoms with van der Waals surface area (Å²) >= 11 is 1.93. The van der Waals surface area contributed by atoms with E-state index in [1.807, 2.05) is 11.3 Å². The molecule has 3 atom stereocenters. The Morgan fingerprint density at radius 1 is 1.39 bits per heavy atom. The van der Waals surface area contributed by atoms with Gasteiger partial charge in [-0.15, -0.1) is 11.3 Å². The smallest absolute Gasteiger partial charge is 0.0302 e. The molecule has 18 heavy (non-hydrogen) atoms. The highest BCUT2D eigenvalue weighted by molar-refractivity contribution is 7.12. The molecular formula is C15H26N2S. The number of rotatable bonds is 3. The molecule has 2 rings (SSSR count). The molecule has 0 amide bonds. The predicted octanol–water partition coefficient (Wildman–Crippen LogP) is 3.18. The highest BCUT2D eigenvalue weighted by atomic mass is 32.1. The van der Waals surface area contributed by atoms with Gasteiger partial charge in [0.25, 0.3) is 0 Å². The Hall–Kier alpha value is -0.380. The van der Waals surface area contributed by atoms with Gasteiger partial charge in [-0.3, -0.25) is 0 Å². The molecule has 102 valence electrons. The number of piperidine rings is 1. The zero-order valence-corrected chi connectivity index (χ0v) is 13.1. The van der Waals surface area contributed by atoms with Gasteiger partial charge in [0.2, 0.25) is 0 Å². The predicted molar refractivity (Wildman–Crippen MR) is 80.3 cm³/mol. The van der Waals surface area contributed by atoms with Gasteiger partial charge >= 0.3 is 0 Å². The minimum Gasteiger partial charge on any atom is -0.309 e. The summed E-state index contributed by atoms with van der Waals surface area (Å²) in [5.74, 6) is 0.744. The third kappa shape index (κ3) is 3.14. The number of hydrogen-bond donors (Lipinski definition) is 1. The first-order valence-electron chi connectivity index (χ1n) is 6.97. The van der Waals surface area contributed by atoms with Crippen LogP contribution in [0.3, 0.4) is 0 Å². The number of nitrogens with one attached hydrogen (secondary N) is 1. The van der Waals surface area contributed by atoms with E-state index in [9.17, 15) is 0 Å². The zero-order chi connectivity index (χ0) is 13.3. The Labute approximate surface area is 115 Å². The van der Waals surface area contributed by atoms with Crippen molar-refractivity contribution in [3.05, 3.63) is 21.4 Å². The molecule has 0 radical (unpaired) electrons. The van der Waals surface area contributed by atoms with Gasteiger partial charge in [0.05, 0.1) is 0 Å². The van der Waals surface area contributed by atoms with Crippen LogP contribution in [-0.4, -0.2) is 30.6 Å². The Morgan fingerprint density at radius 2 is 2.11 bits per heavy atom. The van der Waals surface area contributed by atoms with E-state index in [-0.39, 0.29) is 0 Å². The van der Waals surface area contributed by atoms with Crippen molar-refractivity contribution in [1.82, 2.24) is 10.2 Å². The quantitative estimate of drug-likeness (QED) is 0.904. The van der Waals surface area contributed by atoms with E-state index in [2.05, 4.69) is 51.0 Å². The van der Waals surface area contributed by atoms with Gasteiger partial charge in [0, 0.05) is 34.9 Å². The first-order chi connectivity index (χ1) is 8.47. The maximum absolute atomic E-state index is 3.76. The molecule has 0 saturated carbocycles. The van der Waals surface area contributed by atoms with E-state index in [0.717, 1.165) is 12.5 Å². The normalized spacial score (nSPS) is 29.7. The monoisotopic (exact) mass is 266 g/mol. The van der Waals surface area contributed by atoms with Gasteiger partial charge in [-0.1, -0.05) is 6.92 Å². The van der Waals surface area contributed by atoms with Crippen LogP contribution >= 0.6 is 11.3 Å². The third-order valence-electron chi connectivity index (χ3n) is 4.37. The Morgan fingerprint density at radius 3 is 2.72 bits per heavy atom. The molecular weight excluding hydrogens is 240 g/mol. The second-order valence-electron chi connectivity index (χ2n) is 5.94. The third-order valence-corrected chi connectivity index (χ3v) is 5.52. The lowest BCUT2D eigenvalue weighted by Crippen LogP contribution is -2.50. The molecule has 2 heterocycles. The largest absolute Gasteiger partial charge is 0.309 e. The molecule has 1 aliphatic heterocycles. The van der Waals surface area contributed by atoms with Gasteiger partial charge in [0.1, 0.15) is 0 Å². The van der Waals surface area contributed by atoms with E-state index >= 15 is 0 Å². The maximum Gasteiger partial charge on any atom is 0.0302 e. The Bertz CT molecular complexity index is 380. The van der Waals surface area contributed by atoms with Crippen LogP contribution in [0.25, 0.3) is 0 Å². The van der Waals surface area contributed by atoms with Crippen molar-refractivity contribution in [3.63, 3.8) is 0 Å². The number of likely N-dealkylation sites (tertiary alicyclic amines) is 1. The average Bonchev–Trinajstić information content (AvgIpc) is 2.62. The molecule has 1 aliphatic rings. The van der Waals surface area contributed by atoms with Crippen LogP contribution in [0.4, 0.5) is 0 Å². The van der Waals surface area contributed by atoms with Crippen LogP contribution in [0.1, 0.15) is 35.6 Å². The molecule has 1 saturated heterocycles. The standard InChI is InChI=1S/C15H26N2S/c1-10-6-14(18-13(10)4)8-16-15-7-12(3)17(5)9-11(15)2/h6,11-12,15-16H,7-9H2,1-5H3. The number of nitrogens with zero attached hydrogens (tertiary/aromatic N) is 1. The van der Waals surface area contributed by atoms with Crippen LogP contribution in [0.5, 0.6) is 0 Å². The van der Waals surface area contributed by atoms with Crippen molar-refractivity contribution in [1.29, 1.82) is 0 Å². The molecule has 3 unspecified atom stereocenters. The average molecular weight is 266 g/mol. The number of aryl methyl sites for hydroxylation is 2. The SMILES string of the molecule is Cc1cc(CNC2CC(C)N(C)CC2C)sc1C. The minimum atomic E-state index is 0.666. The Kier molecular flexibility index (Phi) is 4.46. The number of thiophene rings is 1. The second-order valence-corrected chi connectivity index (χ2v) is 7.28. The first kappa shape index (κ1) is 14.0. The summed E-state index contributed by atoms with van der Waals surface area (Å²) in [7, 11) is 2.24. The van der Waals surface area contributed by atoms with Crippen molar-refractivity contribution < 1.29 is 0 Å². The molecule has 3 heteroatoms. The molecule has 0 aliphatic carbocycles. The molecule has 0 bridgehead atoms. The van der Waals surface area contributed by atoms with Gasteiger partial charge < -0.3 is 10.2 Å². The van der Waals surface area contributed by atoms with E-state index in [1.54, 1.807) is 0 Å². The van der Waals surface area contributed by atoms with Crippen LogP contribution in [0.2, 0.25) is 0 Å². The topological polar surface area (TPSA) is 15.3 Å². The Balaban J connectivity index is 1.89. The summed E-state index contributed by atoms with van der Waals surface area (Å²) in [6.07, 6.45) is 1.26. The molecule has 1 aromatic rings. The van der Waals surface area contributed by atoms with Gasteiger partial charge in [0.15, 0.2) is 0 Å². The van der Waals surface area contributed by atoms with Crippen molar-refractivity contribution in [3.8, 4) is 0 Å². The molecule has 1 N–H and O–H groups in total. The highest BCUT2D eigenvalue weighted by Gasteiger charge is 2.28. The molecule has 1 fully saturated rings. The fourth-order valence-corrected chi connectivity index (χ4v) is 3.80.